The fraction of sp³-hybridized carbons (Fsp3) is 0.500. The number of likely N-dealkylation sites (tertiary alicyclic amines) is 1. The van der Waals surface area contributed by atoms with Crippen LogP contribution < -0.4 is 10.9 Å². The molecular formula is C20H24ClN3O5. The lowest BCUT2D eigenvalue weighted by atomic mass is 9.94. The maximum absolute atomic E-state index is 12.2. The minimum atomic E-state index is -0.688. The Balaban J connectivity index is 1.41. The Morgan fingerprint density at radius 3 is 2.55 bits per heavy atom. The van der Waals surface area contributed by atoms with Crippen molar-refractivity contribution in [1.29, 1.82) is 0 Å². The molecule has 2 N–H and O–H groups in total. The largest absolute Gasteiger partial charge is 0.455 e. The van der Waals surface area contributed by atoms with Crippen LogP contribution in [-0.4, -0.2) is 47.8 Å². The topological polar surface area (TPSA) is 105 Å². The third-order valence-corrected chi connectivity index (χ3v) is 5.62. The zero-order valence-electron chi connectivity index (χ0n) is 16.0. The monoisotopic (exact) mass is 421 g/mol. The number of esters is 1. The smallest absolute Gasteiger partial charge is 0.311 e. The van der Waals surface area contributed by atoms with Crippen LogP contribution in [0.3, 0.4) is 0 Å². The highest BCUT2D eigenvalue weighted by molar-refractivity contribution is 6.33. The summed E-state index contributed by atoms with van der Waals surface area (Å²) in [6.07, 6.45) is 5.45. The molecule has 9 heteroatoms. The summed E-state index contributed by atoms with van der Waals surface area (Å²) < 4.78 is 5.03. The van der Waals surface area contributed by atoms with E-state index in [4.69, 9.17) is 16.3 Å². The molecule has 8 nitrogen and oxygen atoms in total. The zero-order valence-corrected chi connectivity index (χ0v) is 16.7. The molecule has 2 fully saturated rings. The Bertz CT molecular complexity index is 794. The standard InChI is InChI=1S/C20H24ClN3O5/c21-16-9-5-4-8-15(16)19(27)23-22-17(25)12-29-20(28)13-10-18(26)24(11-13)14-6-2-1-3-7-14/h4-5,8-9,13-14H,1-3,6-7,10-12H2,(H,22,25)(H,23,27)/t13-/m1/s1. The van der Waals surface area contributed by atoms with Gasteiger partial charge in [-0.3, -0.25) is 30.0 Å². The predicted octanol–water partition coefficient (Wildman–Crippen LogP) is 1.83. The van der Waals surface area contributed by atoms with Crippen LogP contribution in [0.5, 0.6) is 0 Å². The van der Waals surface area contributed by atoms with Crippen molar-refractivity contribution in [3.8, 4) is 0 Å². The van der Waals surface area contributed by atoms with E-state index in [9.17, 15) is 19.2 Å². The molecule has 0 radical (unpaired) electrons. The summed E-state index contributed by atoms with van der Waals surface area (Å²) >= 11 is 5.92. The molecule has 1 aromatic carbocycles. The van der Waals surface area contributed by atoms with Gasteiger partial charge in [-0.15, -0.1) is 0 Å². The Labute approximate surface area is 173 Å². The zero-order chi connectivity index (χ0) is 20.8. The number of carbonyl (C=O) groups excluding carboxylic acids is 4. The van der Waals surface area contributed by atoms with Crippen molar-refractivity contribution in [2.24, 2.45) is 5.92 Å². The molecule has 1 heterocycles. The number of ether oxygens (including phenoxy) is 1. The summed E-state index contributed by atoms with van der Waals surface area (Å²) in [4.78, 5) is 50.1. The number of carbonyl (C=O) groups is 4. The van der Waals surface area contributed by atoms with Gasteiger partial charge in [0.05, 0.1) is 16.5 Å². The van der Waals surface area contributed by atoms with E-state index < -0.39 is 30.3 Å². The summed E-state index contributed by atoms with van der Waals surface area (Å²) in [5, 5.41) is 0.249. The van der Waals surface area contributed by atoms with Gasteiger partial charge in [0, 0.05) is 19.0 Å². The second kappa shape index (κ2) is 9.73. The third kappa shape index (κ3) is 5.47. The molecule has 1 aliphatic carbocycles. The van der Waals surface area contributed by atoms with Gasteiger partial charge in [0.15, 0.2) is 6.61 Å². The number of halogens is 1. The van der Waals surface area contributed by atoms with Crippen LogP contribution in [0.2, 0.25) is 5.02 Å². The molecule has 29 heavy (non-hydrogen) atoms. The van der Waals surface area contributed by atoms with E-state index in [1.165, 1.54) is 12.5 Å². The number of hydrogen-bond acceptors (Lipinski definition) is 5. The van der Waals surface area contributed by atoms with Gasteiger partial charge in [-0.25, -0.2) is 0 Å². The molecule has 0 unspecified atom stereocenters. The van der Waals surface area contributed by atoms with Crippen LogP contribution in [0.15, 0.2) is 24.3 Å². The van der Waals surface area contributed by atoms with E-state index in [1.54, 1.807) is 23.1 Å². The lowest BCUT2D eigenvalue weighted by molar-refractivity contribution is -0.152. The maximum atomic E-state index is 12.2. The molecular weight excluding hydrogens is 398 g/mol. The first-order valence-electron chi connectivity index (χ1n) is 9.75. The van der Waals surface area contributed by atoms with Crippen molar-refractivity contribution in [2.75, 3.05) is 13.2 Å². The highest BCUT2D eigenvalue weighted by Crippen LogP contribution is 2.29. The van der Waals surface area contributed by atoms with Gasteiger partial charge in [-0.2, -0.15) is 0 Å². The van der Waals surface area contributed by atoms with Crippen molar-refractivity contribution >= 4 is 35.3 Å². The lowest BCUT2D eigenvalue weighted by Crippen LogP contribution is -2.44. The first-order chi connectivity index (χ1) is 14.0. The minimum Gasteiger partial charge on any atom is -0.455 e. The van der Waals surface area contributed by atoms with Crippen molar-refractivity contribution in [3.63, 3.8) is 0 Å². The second-order valence-electron chi connectivity index (χ2n) is 7.33. The van der Waals surface area contributed by atoms with Crippen LogP contribution in [-0.2, 0) is 19.1 Å². The summed E-state index contributed by atoms with van der Waals surface area (Å²) in [5.41, 5.74) is 4.59. The number of amides is 3. The molecule has 1 saturated heterocycles. The minimum absolute atomic E-state index is 0.0321. The fourth-order valence-corrected chi connectivity index (χ4v) is 3.99. The Hall–Kier alpha value is -2.61. The first kappa shape index (κ1) is 21.1. The van der Waals surface area contributed by atoms with Crippen LogP contribution in [0.25, 0.3) is 0 Å². The van der Waals surface area contributed by atoms with Gasteiger partial charge < -0.3 is 9.64 Å². The quantitative estimate of drug-likeness (QED) is 0.557. The van der Waals surface area contributed by atoms with Gasteiger partial charge in [0.25, 0.3) is 11.8 Å². The Morgan fingerprint density at radius 2 is 1.83 bits per heavy atom. The molecule has 1 aliphatic heterocycles. The molecule has 3 amide bonds. The van der Waals surface area contributed by atoms with Gasteiger partial charge >= 0.3 is 5.97 Å². The normalized spacial score (nSPS) is 19.7. The number of hydrogen-bond donors (Lipinski definition) is 2. The second-order valence-corrected chi connectivity index (χ2v) is 7.74. The number of nitrogens with one attached hydrogen (secondary N) is 2. The summed E-state index contributed by atoms with van der Waals surface area (Å²) in [7, 11) is 0. The lowest BCUT2D eigenvalue weighted by Gasteiger charge is -2.31. The van der Waals surface area contributed by atoms with Gasteiger partial charge in [0.2, 0.25) is 5.91 Å². The average Bonchev–Trinajstić information content (AvgIpc) is 3.13. The van der Waals surface area contributed by atoms with E-state index in [-0.39, 0.29) is 29.0 Å². The number of nitrogens with zero attached hydrogens (tertiary/aromatic N) is 1. The number of rotatable bonds is 5. The molecule has 156 valence electrons. The number of benzene rings is 1. The molecule has 1 saturated carbocycles. The SMILES string of the molecule is O=C(COC(=O)[C@@H]1CC(=O)N(C2CCCCC2)C1)NNC(=O)c1ccccc1Cl. The predicted molar refractivity (Wildman–Crippen MR) is 105 cm³/mol. The van der Waals surface area contributed by atoms with E-state index in [0.717, 1.165) is 25.7 Å². The van der Waals surface area contributed by atoms with Crippen LogP contribution >= 0.6 is 11.6 Å². The van der Waals surface area contributed by atoms with Crippen LogP contribution in [0.1, 0.15) is 48.9 Å². The van der Waals surface area contributed by atoms with E-state index in [2.05, 4.69) is 10.9 Å². The van der Waals surface area contributed by atoms with Crippen LogP contribution in [0.4, 0.5) is 0 Å². The van der Waals surface area contributed by atoms with E-state index >= 15 is 0 Å². The van der Waals surface area contributed by atoms with Crippen molar-refractivity contribution in [3.05, 3.63) is 34.9 Å². The average molecular weight is 422 g/mol. The molecule has 2 aliphatic rings. The van der Waals surface area contributed by atoms with Crippen molar-refractivity contribution < 1.29 is 23.9 Å². The van der Waals surface area contributed by atoms with E-state index in [1.807, 2.05) is 0 Å². The summed E-state index contributed by atoms with van der Waals surface area (Å²) in [5.74, 6) is -2.44. The van der Waals surface area contributed by atoms with Gasteiger partial charge in [-0.1, -0.05) is 43.0 Å². The number of hydrazine groups is 1. The third-order valence-electron chi connectivity index (χ3n) is 5.29. The molecule has 0 bridgehead atoms. The molecule has 0 spiro atoms. The molecule has 1 aromatic rings. The Kier molecular flexibility index (Phi) is 7.09. The summed E-state index contributed by atoms with van der Waals surface area (Å²) in [6.45, 7) is -0.205. The van der Waals surface area contributed by atoms with Crippen molar-refractivity contribution in [1.82, 2.24) is 15.8 Å². The summed E-state index contributed by atoms with van der Waals surface area (Å²) in [6, 6.07) is 6.60. The highest BCUT2D eigenvalue weighted by atomic mass is 35.5. The Morgan fingerprint density at radius 1 is 1.10 bits per heavy atom. The molecule has 1 atom stereocenters. The first-order valence-corrected chi connectivity index (χ1v) is 10.1. The van der Waals surface area contributed by atoms with Crippen molar-refractivity contribution in [2.45, 2.75) is 44.6 Å². The van der Waals surface area contributed by atoms with Gasteiger partial charge in [0.1, 0.15) is 0 Å². The maximum Gasteiger partial charge on any atom is 0.311 e. The molecule has 3 rings (SSSR count). The van der Waals surface area contributed by atoms with E-state index in [0.29, 0.717) is 6.54 Å². The molecule has 0 aromatic heterocycles. The van der Waals surface area contributed by atoms with Gasteiger partial charge in [-0.05, 0) is 25.0 Å². The highest BCUT2D eigenvalue weighted by Gasteiger charge is 2.39. The van der Waals surface area contributed by atoms with Crippen LogP contribution in [0, 0.1) is 5.92 Å². The fourth-order valence-electron chi connectivity index (χ4n) is 3.76.